The van der Waals surface area contributed by atoms with Crippen molar-refractivity contribution in [2.45, 2.75) is 31.8 Å². The van der Waals surface area contributed by atoms with Gasteiger partial charge in [-0.15, -0.1) is 0 Å². The van der Waals surface area contributed by atoms with Crippen LogP contribution in [0.25, 0.3) is 0 Å². The Kier molecular flexibility index (Phi) is 4.58. The third-order valence-electron chi connectivity index (χ3n) is 5.08. The number of thioether (sulfide) groups is 1. The van der Waals surface area contributed by atoms with E-state index in [2.05, 4.69) is 4.90 Å². The molecule has 0 aromatic heterocycles. The van der Waals surface area contributed by atoms with Crippen LogP contribution in [-0.2, 0) is 14.3 Å². The Bertz CT molecular complexity index is 359. The normalized spacial score (nSPS) is 35.0. The molecule has 0 spiro atoms. The van der Waals surface area contributed by atoms with E-state index in [1.54, 1.807) is 7.11 Å². The molecule has 0 bridgehead atoms. The van der Waals surface area contributed by atoms with Crippen molar-refractivity contribution in [2.75, 3.05) is 44.9 Å². The van der Waals surface area contributed by atoms with Gasteiger partial charge in [0, 0.05) is 38.1 Å². The van der Waals surface area contributed by atoms with E-state index in [-0.39, 0.29) is 17.4 Å². The maximum absolute atomic E-state index is 12.7. The summed E-state index contributed by atoms with van der Waals surface area (Å²) in [6.45, 7) is 3.21. The van der Waals surface area contributed by atoms with Crippen LogP contribution < -0.4 is 0 Å². The molecule has 0 N–H and O–H groups in total. The number of carbonyl (C=O) groups is 1. The number of hydrogen-bond donors (Lipinski definition) is 0. The van der Waals surface area contributed by atoms with Crippen molar-refractivity contribution in [1.82, 2.24) is 4.90 Å². The molecular weight excluding hydrogens is 274 g/mol. The number of nitrogens with zero attached hydrogens (tertiary/aromatic N) is 1. The lowest BCUT2D eigenvalue weighted by Gasteiger charge is -2.44. The number of methoxy groups -OCH3 is 1. The fourth-order valence-electron chi connectivity index (χ4n) is 3.93. The van der Waals surface area contributed by atoms with Crippen molar-refractivity contribution in [3.8, 4) is 0 Å². The number of hydrogen-bond acceptors (Lipinski definition) is 4. The van der Waals surface area contributed by atoms with E-state index in [9.17, 15) is 4.79 Å². The third kappa shape index (κ3) is 2.72. The zero-order valence-corrected chi connectivity index (χ0v) is 13.1. The van der Waals surface area contributed by atoms with Gasteiger partial charge in [0.05, 0.1) is 12.7 Å². The lowest BCUT2D eigenvalue weighted by molar-refractivity contribution is -0.143. The summed E-state index contributed by atoms with van der Waals surface area (Å²) in [7, 11) is 1.75. The summed E-state index contributed by atoms with van der Waals surface area (Å²) in [5.41, 5.74) is 0.0477. The van der Waals surface area contributed by atoms with E-state index in [1.165, 1.54) is 0 Å². The quantitative estimate of drug-likeness (QED) is 0.796. The highest BCUT2D eigenvalue weighted by Gasteiger charge is 2.49. The van der Waals surface area contributed by atoms with Gasteiger partial charge in [-0.1, -0.05) is 0 Å². The Hall–Kier alpha value is -0.260. The second kappa shape index (κ2) is 6.24. The highest BCUT2D eigenvalue weighted by Crippen LogP contribution is 2.41. The van der Waals surface area contributed by atoms with E-state index in [0.717, 1.165) is 56.9 Å². The molecule has 3 aliphatic heterocycles. The van der Waals surface area contributed by atoms with Crippen molar-refractivity contribution >= 4 is 17.7 Å². The Labute approximate surface area is 125 Å². The van der Waals surface area contributed by atoms with Gasteiger partial charge in [-0.05, 0) is 37.2 Å². The van der Waals surface area contributed by atoms with Crippen LogP contribution >= 0.6 is 11.8 Å². The number of ether oxygens (including phenoxy) is 2. The monoisotopic (exact) mass is 299 g/mol. The summed E-state index contributed by atoms with van der Waals surface area (Å²) in [6, 6.07) is 0. The predicted molar refractivity (Wildman–Crippen MR) is 79.9 cm³/mol. The standard InChI is InChI=1S/C15H25NO3S/c1-18-11-15-5-7-19-13(15)2-6-16(10-15)14(17)12-3-8-20-9-4-12/h12-13H,2-11H2,1H3/t13-,15+/m1/s1. The third-order valence-corrected chi connectivity index (χ3v) is 6.13. The molecule has 20 heavy (non-hydrogen) atoms. The molecule has 0 aromatic rings. The molecule has 0 aromatic carbocycles. The first-order valence-electron chi connectivity index (χ1n) is 7.72. The smallest absolute Gasteiger partial charge is 0.225 e. The zero-order chi connectivity index (χ0) is 14.0. The molecule has 4 nitrogen and oxygen atoms in total. The van der Waals surface area contributed by atoms with Crippen LogP contribution in [0.1, 0.15) is 25.7 Å². The second-order valence-corrected chi connectivity index (χ2v) is 7.56. The number of carbonyl (C=O) groups excluding carboxylic acids is 1. The molecule has 0 unspecified atom stereocenters. The number of likely N-dealkylation sites (tertiary alicyclic amines) is 1. The predicted octanol–water partition coefficient (Wildman–Crippen LogP) is 1.78. The number of amides is 1. The van der Waals surface area contributed by atoms with Crippen molar-refractivity contribution in [3.63, 3.8) is 0 Å². The first-order valence-corrected chi connectivity index (χ1v) is 8.88. The number of rotatable bonds is 3. The van der Waals surface area contributed by atoms with Gasteiger partial charge in [0.1, 0.15) is 0 Å². The molecule has 0 saturated carbocycles. The van der Waals surface area contributed by atoms with E-state index in [4.69, 9.17) is 9.47 Å². The Morgan fingerprint density at radius 2 is 2.20 bits per heavy atom. The molecule has 3 heterocycles. The van der Waals surface area contributed by atoms with Crippen LogP contribution in [-0.4, -0.2) is 61.8 Å². The molecule has 2 atom stereocenters. The van der Waals surface area contributed by atoms with Gasteiger partial charge < -0.3 is 14.4 Å². The lowest BCUT2D eigenvalue weighted by atomic mass is 9.77. The molecule has 5 heteroatoms. The Morgan fingerprint density at radius 3 is 2.95 bits per heavy atom. The summed E-state index contributed by atoms with van der Waals surface area (Å²) in [5.74, 6) is 2.92. The Balaban J connectivity index is 1.67. The fraction of sp³-hybridized carbons (Fsp3) is 0.933. The van der Waals surface area contributed by atoms with Gasteiger partial charge in [-0.25, -0.2) is 0 Å². The molecule has 0 aliphatic carbocycles. The number of piperidine rings is 1. The van der Waals surface area contributed by atoms with Crippen LogP contribution in [0.15, 0.2) is 0 Å². The van der Waals surface area contributed by atoms with E-state index < -0.39 is 0 Å². The van der Waals surface area contributed by atoms with Crippen LogP contribution in [0.5, 0.6) is 0 Å². The minimum absolute atomic E-state index is 0.0477. The summed E-state index contributed by atoms with van der Waals surface area (Å²) < 4.78 is 11.3. The molecule has 1 amide bonds. The van der Waals surface area contributed by atoms with Gasteiger partial charge in [0.15, 0.2) is 0 Å². The molecule has 3 saturated heterocycles. The van der Waals surface area contributed by atoms with Crippen LogP contribution in [0, 0.1) is 11.3 Å². The summed E-state index contributed by atoms with van der Waals surface area (Å²) in [6.07, 6.45) is 4.38. The van der Waals surface area contributed by atoms with Crippen molar-refractivity contribution in [2.24, 2.45) is 11.3 Å². The molecular formula is C15H25NO3S. The maximum atomic E-state index is 12.7. The lowest BCUT2D eigenvalue weighted by Crippen LogP contribution is -2.54. The van der Waals surface area contributed by atoms with E-state index in [0.29, 0.717) is 12.5 Å². The fourth-order valence-corrected chi connectivity index (χ4v) is 5.04. The number of fused-ring (bicyclic) bond motifs is 1. The maximum Gasteiger partial charge on any atom is 0.225 e. The highest BCUT2D eigenvalue weighted by atomic mass is 32.2. The molecule has 114 valence electrons. The van der Waals surface area contributed by atoms with Crippen LogP contribution in [0.4, 0.5) is 0 Å². The van der Waals surface area contributed by atoms with Crippen molar-refractivity contribution in [3.05, 3.63) is 0 Å². The average Bonchev–Trinajstić information content (AvgIpc) is 2.90. The van der Waals surface area contributed by atoms with Crippen LogP contribution in [0.2, 0.25) is 0 Å². The SMILES string of the molecule is COC[C@@]12CCO[C@@H]1CCN(C(=O)C1CCSCC1)C2. The second-order valence-electron chi connectivity index (χ2n) is 6.34. The van der Waals surface area contributed by atoms with Crippen molar-refractivity contribution in [1.29, 1.82) is 0 Å². The molecule has 3 rings (SSSR count). The molecule has 3 fully saturated rings. The van der Waals surface area contributed by atoms with Gasteiger partial charge in [0.25, 0.3) is 0 Å². The average molecular weight is 299 g/mol. The molecule has 3 aliphatic rings. The first-order chi connectivity index (χ1) is 9.75. The summed E-state index contributed by atoms with van der Waals surface area (Å²) >= 11 is 1.97. The first kappa shape index (κ1) is 14.7. The van der Waals surface area contributed by atoms with E-state index >= 15 is 0 Å². The largest absolute Gasteiger partial charge is 0.384 e. The summed E-state index contributed by atoms with van der Waals surface area (Å²) in [5, 5.41) is 0. The van der Waals surface area contributed by atoms with E-state index in [1.807, 2.05) is 11.8 Å². The summed E-state index contributed by atoms with van der Waals surface area (Å²) in [4.78, 5) is 14.8. The van der Waals surface area contributed by atoms with Gasteiger partial charge >= 0.3 is 0 Å². The van der Waals surface area contributed by atoms with Gasteiger partial charge in [0.2, 0.25) is 5.91 Å². The Morgan fingerprint density at radius 1 is 1.40 bits per heavy atom. The van der Waals surface area contributed by atoms with Crippen molar-refractivity contribution < 1.29 is 14.3 Å². The minimum atomic E-state index is 0.0477. The van der Waals surface area contributed by atoms with Gasteiger partial charge in [-0.3, -0.25) is 4.79 Å². The van der Waals surface area contributed by atoms with Gasteiger partial charge in [-0.2, -0.15) is 11.8 Å². The minimum Gasteiger partial charge on any atom is -0.384 e. The highest BCUT2D eigenvalue weighted by molar-refractivity contribution is 7.99. The molecule has 0 radical (unpaired) electrons. The topological polar surface area (TPSA) is 38.8 Å². The zero-order valence-electron chi connectivity index (χ0n) is 12.3. The van der Waals surface area contributed by atoms with Crippen LogP contribution in [0.3, 0.4) is 0 Å².